The first-order chi connectivity index (χ1) is 12.1. The SMILES string of the molecule is CN(C)c1ccc(CNC(=O)c2ccc(Cn3cccn3)cc2)cc1. The van der Waals surface area contributed by atoms with Crippen LogP contribution >= 0.6 is 0 Å². The van der Waals surface area contributed by atoms with Gasteiger partial charge in [-0.25, -0.2) is 0 Å². The van der Waals surface area contributed by atoms with Crippen LogP contribution in [-0.2, 0) is 13.1 Å². The molecule has 2 aromatic carbocycles. The third kappa shape index (κ3) is 4.47. The molecule has 0 unspecified atom stereocenters. The monoisotopic (exact) mass is 334 g/mol. The molecule has 0 radical (unpaired) electrons. The normalized spacial score (nSPS) is 10.5. The second-order valence-corrected chi connectivity index (χ2v) is 6.14. The van der Waals surface area contributed by atoms with E-state index in [1.54, 1.807) is 6.20 Å². The lowest BCUT2D eigenvalue weighted by Gasteiger charge is -2.13. The Morgan fingerprint density at radius 3 is 2.32 bits per heavy atom. The lowest BCUT2D eigenvalue weighted by atomic mass is 10.1. The highest BCUT2D eigenvalue weighted by Crippen LogP contribution is 2.12. The molecule has 3 aromatic rings. The van der Waals surface area contributed by atoms with Crippen LogP contribution in [0.25, 0.3) is 0 Å². The predicted molar refractivity (Wildman–Crippen MR) is 99.7 cm³/mol. The number of carbonyl (C=O) groups is 1. The molecule has 0 aliphatic carbocycles. The summed E-state index contributed by atoms with van der Waals surface area (Å²) < 4.78 is 1.85. The first-order valence-corrected chi connectivity index (χ1v) is 8.22. The van der Waals surface area contributed by atoms with Gasteiger partial charge in [0.1, 0.15) is 0 Å². The molecule has 5 nitrogen and oxygen atoms in total. The second-order valence-electron chi connectivity index (χ2n) is 6.14. The average molecular weight is 334 g/mol. The number of rotatable bonds is 6. The highest BCUT2D eigenvalue weighted by Gasteiger charge is 2.06. The standard InChI is InChI=1S/C20H22N4O/c1-23(2)19-10-6-16(7-11-19)14-21-20(25)18-8-4-17(5-9-18)15-24-13-3-12-22-24/h3-13H,14-15H2,1-2H3,(H,21,25). The van der Waals surface area contributed by atoms with E-state index in [9.17, 15) is 4.79 Å². The average Bonchev–Trinajstić information content (AvgIpc) is 3.13. The molecule has 5 heteroatoms. The summed E-state index contributed by atoms with van der Waals surface area (Å²) in [5, 5.41) is 7.14. The zero-order chi connectivity index (χ0) is 17.6. The van der Waals surface area contributed by atoms with Crippen LogP contribution in [-0.4, -0.2) is 29.8 Å². The van der Waals surface area contributed by atoms with Gasteiger partial charge < -0.3 is 10.2 Å². The van der Waals surface area contributed by atoms with Gasteiger partial charge in [-0.2, -0.15) is 5.10 Å². The Morgan fingerprint density at radius 1 is 1.04 bits per heavy atom. The largest absolute Gasteiger partial charge is 0.378 e. The molecule has 3 rings (SSSR count). The number of aromatic nitrogens is 2. The van der Waals surface area contributed by atoms with Crippen molar-refractivity contribution in [1.29, 1.82) is 0 Å². The van der Waals surface area contributed by atoms with Crippen LogP contribution in [0.5, 0.6) is 0 Å². The first kappa shape index (κ1) is 16.8. The van der Waals surface area contributed by atoms with Crippen molar-refractivity contribution in [3.8, 4) is 0 Å². The molecule has 0 atom stereocenters. The quantitative estimate of drug-likeness (QED) is 0.754. The van der Waals surface area contributed by atoms with Gasteiger partial charge in [-0.1, -0.05) is 24.3 Å². The number of nitrogens with zero attached hydrogens (tertiary/aromatic N) is 3. The minimum absolute atomic E-state index is 0.0673. The van der Waals surface area contributed by atoms with Crippen LogP contribution in [0.15, 0.2) is 67.0 Å². The van der Waals surface area contributed by atoms with Crippen molar-refractivity contribution in [1.82, 2.24) is 15.1 Å². The number of hydrogen-bond donors (Lipinski definition) is 1. The van der Waals surface area contributed by atoms with Crippen molar-refractivity contribution < 1.29 is 4.79 Å². The van der Waals surface area contributed by atoms with Gasteiger partial charge in [0.05, 0.1) is 6.54 Å². The molecule has 0 aliphatic rings. The van der Waals surface area contributed by atoms with Gasteiger partial charge >= 0.3 is 0 Å². The van der Waals surface area contributed by atoms with E-state index >= 15 is 0 Å². The van der Waals surface area contributed by atoms with Gasteiger partial charge in [-0.3, -0.25) is 9.48 Å². The fourth-order valence-electron chi connectivity index (χ4n) is 2.54. The number of nitrogens with one attached hydrogen (secondary N) is 1. The Kier molecular flexibility index (Phi) is 5.14. The number of hydrogen-bond acceptors (Lipinski definition) is 3. The maximum Gasteiger partial charge on any atom is 0.251 e. The second kappa shape index (κ2) is 7.66. The predicted octanol–water partition coefficient (Wildman–Crippen LogP) is 2.93. The molecule has 1 heterocycles. The van der Waals surface area contributed by atoms with Crippen molar-refractivity contribution in [2.45, 2.75) is 13.1 Å². The number of anilines is 1. The summed E-state index contributed by atoms with van der Waals surface area (Å²) in [5.41, 5.74) is 3.99. The van der Waals surface area contributed by atoms with Gasteiger partial charge in [0.25, 0.3) is 5.91 Å². The minimum atomic E-state index is -0.0673. The van der Waals surface area contributed by atoms with Gasteiger partial charge in [0.15, 0.2) is 0 Å². The van der Waals surface area contributed by atoms with Gasteiger partial charge in [0, 0.05) is 44.3 Å². The maximum absolute atomic E-state index is 12.3. The Labute approximate surface area is 147 Å². The zero-order valence-electron chi connectivity index (χ0n) is 14.5. The fourth-order valence-corrected chi connectivity index (χ4v) is 2.54. The van der Waals surface area contributed by atoms with E-state index in [1.807, 2.05) is 84.5 Å². The molecule has 1 N–H and O–H groups in total. The highest BCUT2D eigenvalue weighted by atomic mass is 16.1. The smallest absolute Gasteiger partial charge is 0.251 e. The van der Waals surface area contributed by atoms with Crippen LogP contribution in [0.3, 0.4) is 0 Å². The van der Waals surface area contributed by atoms with Crippen molar-refractivity contribution in [3.63, 3.8) is 0 Å². The molecule has 1 amide bonds. The van der Waals surface area contributed by atoms with Gasteiger partial charge in [-0.15, -0.1) is 0 Å². The Hall–Kier alpha value is -3.08. The molecule has 128 valence electrons. The molecule has 0 spiro atoms. The van der Waals surface area contributed by atoms with Crippen molar-refractivity contribution >= 4 is 11.6 Å². The van der Waals surface area contributed by atoms with E-state index in [0.29, 0.717) is 18.7 Å². The fraction of sp³-hybridized carbons (Fsp3) is 0.200. The first-order valence-electron chi connectivity index (χ1n) is 8.22. The van der Waals surface area contributed by atoms with Gasteiger partial charge in [0.2, 0.25) is 0 Å². The van der Waals surface area contributed by atoms with E-state index < -0.39 is 0 Å². The number of carbonyl (C=O) groups excluding carboxylic acids is 1. The van der Waals surface area contributed by atoms with E-state index in [-0.39, 0.29) is 5.91 Å². The van der Waals surface area contributed by atoms with Crippen LogP contribution in [0.4, 0.5) is 5.69 Å². The lowest BCUT2D eigenvalue weighted by Crippen LogP contribution is -2.22. The summed E-state index contributed by atoms with van der Waals surface area (Å²) in [6.45, 7) is 1.22. The summed E-state index contributed by atoms with van der Waals surface area (Å²) in [4.78, 5) is 14.3. The Morgan fingerprint density at radius 2 is 1.72 bits per heavy atom. The molecule has 0 fully saturated rings. The third-order valence-electron chi connectivity index (χ3n) is 4.03. The lowest BCUT2D eigenvalue weighted by molar-refractivity contribution is 0.0951. The summed E-state index contributed by atoms with van der Waals surface area (Å²) in [6, 6.07) is 17.7. The molecule has 1 aromatic heterocycles. The molecule has 0 aliphatic heterocycles. The summed E-state index contributed by atoms with van der Waals surface area (Å²) in [7, 11) is 4.01. The molecular weight excluding hydrogens is 312 g/mol. The summed E-state index contributed by atoms with van der Waals surface area (Å²) >= 11 is 0. The van der Waals surface area contributed by atoms with Crippen molar-refractivity contribution in [3.05, 3.63) is 83.7 Å². The zero-order valence-corrected chi connectivity index (χ0v) is 14.5. The Bertz CT molecular complexity index is 806. The summed E-state index contributed by atoms with van der Waals surface area (Å²) in [6.07, 6.45) is 3.68. The molecular formula is C20H22N4O. The molecule has 25 heavy (non-hydrogen) atoms. The number of benzene rings is 2. The molecule has 0 saturated heterocycles. The van der Waals surface area contributed by atoms with Crippen LogP contribution in [0, 0.1) is 0 Å². The molecule has 0 bridgehead atoms. The topological polar surface area (TPSA) is 50.2 Å². The van der Waals surface area contributed by atoms with E-state index in [2.05, 4.69) is 10.4 Å². The van der Waals surface area contributed by atoms with Gasteiger partial charge in [-0.05, 0) is 41.5 Å². The third-order valence-corrected chi connectivity index (χ3v) is 4.03. The van der Waals surface area contributed by atoms with Crippen molar-refractivity contribution in [2.75, 3.05) is 19.0 Å². The van der Waals surface area contributed by atoms with Crippen LogP contribution in [0.1, 0.15) is 21.5 Å². The van der Waals surface area contributed by atoms with Crippen LogP contribution < -0.4 is 10.2 Å². The number of amides is 1. The van der Waals surface area contributed by atoms with E-state index in [1.165, 1.54) is 0 Å². The Balaban J connectivity index is 1.55. The highest BCUT2D eigenvalue weighted by molar-refractivity contribution is 5.94. The van der Waals surface area contributed by atoms with Crippen LogP contribution in [0.2, 0.25) is 0 Å². The summed E-state index contributed by atoms with van der Waals surface area (Å²) in [5.74, 6) is -0.0673. The van der Waals surface area contributed by atoms with Crippen molar-refractivity contribution in [2.24, 2.45) is 0 Å². The molecule has 0 saturated carbocycles. The minimum Gasteiger partial charge on any atom is -0.378 e. The van der Waals surface area contributed by atoms with E-state index in [0.717, 1.165) is 16.8 Å². The van der Waals surface area contributed by atoms with E-state index in [4.69, 9.17) is 0 Å². The maximum atomic E-state index is 12.3.